The predicted molar refractivity (Wildman–Crippen MR) is 64.9 cm³/mol. The summed E-state index contributed by atoms with van der Waals surface area (Å²) in [5.41, 5.74) is 1.29. The van der Waals surface area contributed by atoms with E-state index in [0.29, 0.717) is 17.6 Å². The Balaban J connectivity index is 2.46. The van der Waals surface area contributed by atoms with E-state index in [1.165, 1.54) is 0 Å². The zero-order chi connectivity index (χ0) is 12.0. The molecular formula is C11H16BN2O2. The van der Waals surface area contributed by atoms with Crippen LogP contribution in [0.5, 0.6) is 0 Å². The highest BCUT2D eigenvalue weighted by Gasteiger charge is 2.04. The quantitative estimate of drug-likeness (QED) is 0.638. The van der Waals surface area contributed by atoms with Crippen LogP contribution in [-0.2, 0) is 0 Å². The molecule has 4 nitrogen and oxygen atoms in total. The van der Waals surface area contributed by atoms with Gasteiger partial charge in [-0.25, -0.2) is 0 Å². The van der Waals surface area contributed by atoms with Crippen molar-refractivity contribution in [3.63, 3.8) is 0 Å². The normalized spacial score (nSPS) is 10.2. The molecule has 0 spiro atoms. The van der Waals surface area contributed by atoms with E-state index in [4.69, 9.17) is 5.02 Å². The van der Waals surface area contributed by atoms with Crippen LogP contribution in [0.15, 0.2) is 24.3 Å². The maximum atomic E-state index is 11.6. The molecule has 1 amide bonds. The number of nitrogens with one attached hydrogen (secondary N) is 1. The first-order valence-corrected chi connectivity index (χ1v) is 5.14. The van der Waals surface area contributed by atoms with Gasteiger partial charge in [-0.15, -0.1) is 0 Å². The van der Waals surface area contributed by atoms with Crippen molar-refractivity contribution in [3.8, 4) is 0 Å². The second kappa shape index (κ2) is 6.30. The minimum Gasteiger partial charge on any atom is -0.450 e. The highest BCUT2D eigenvalue weighted by atomic mass is 16.2. The smallest absolute Gasteiger partial charge is 0.326 e. The molecule has 16 heavy (non-hydrogen) atoms. The van der Waals surface area contributed by atoms with Gasteiger partial charge in [0.25, 0.3) is 5.91 Å². The van der Waals surface area contributed by atoms with Crippen LogP contribution in [0.2, 0.25) is 0 Å². The molecule has 1 rings (SSSR count). The molecule has 0 aliphatic rings. The van der Waals surface area contributed by atoms with E-state index in [1.807, 2.05) is 19.0 Å². The molecule has 0 aromatic heterocycles. The zero-order valence-corrected chi connectivity index (χ0v) is 9.60. The van der Waals surface area contributed by atoms with Crippen molar-refractivity contribution in [3.05, 3.63) is 29.8 Å². The van der Waals surface area contributed by atoms with Gasteiger partial charge in [-0.2, -0.15) is 0 Å². The van der Waals surface area contributed by atoms with Crippen molar-refractivity contribution in [1.29, 1.82) is 0 Å². The molecule has 1 radical (unpaired) electrons. The second-order valence-corrected chi connectivity index (χ2v) is 3.81. The number of rotatable bonds is 5. The van der Waals surface area contributed by atoms with E-state index < -0.39 is 0 Å². The Morgan fingerprint density at radius 1 is 1.38 bits per heavy atom. The lowest BCUT2D eigenvalue weighted by Gasteiger charge is -2.10. The minimum absolute atomic E-state index is 0.0914. The standard InChI is InChI=1S/C11H16BN2O2/c1-14(2)8-7-13-11(15)9-3-5-10(12-16)6-4-9/h3-6,16H,7-8H2,1-2H3,(H,13,15). The second-order valence-electron chi connectivity index (χ2n) is 3.81. The predicted octanol–water partition coefficient (Wildman–Crippen LogP) is -0.785. The molecule has 1 aromatic rings. The summed E-state index contributed by atoms with van der Waals surface area (Å²) in [7, 11) is 4.92. The number of amides is 1. The van der Waals surface area contributed by atoms with E-state index in [9.17, 15) is 4.79 Å². The third-order valence-electron chi connectivity index (χ3n) is 2.17. The van der Waals surface area contributed by atoms with Gasteiger partial charge in [0.2, 0.25) is 0 Å². The van der Waals surface area contributed by atoms with Crippen LogP contribution >= 0.6 is 0 Å². The highest BCUT2D eigenvalue weighted by Crippen LogP contribution is 1.96. The maximum Gasteiger partial charge on any atom is 0.326 e. The number of carbonyl (C=O) groups is 1. The lowest BCUT2D eigenvalue weighted by molar-refractivity contribution is 0.0951. The maximum absolute atomic E-state index is 11.6. The molecule has 0 saturated carbocycles. The van der Waals surface area contributed by atoms with Crippen molar-refractivity contribution < 1.29 is 9.82 Å². The fourth-order valence-corrected chi connectivity index (χ4v) is 1.22. The topological polar surface area (TPSA) is 52.6 Å². The van der Waals surface area contributed by atoms with Gasteiger partial charge in [0.05, 0.1) is 0 Å². The lowest BCUT2D eigenvalue weighted by Crippen LogP contribution is -2.31. The van der Waals surface area contributed by atoms with Gasteiger partial charge in [0.1, 0.15) is 0 Å². The van der Waals surface area contributed by atoms with Gasteiger partial charge in [-0.3, -0.25) is 4.79 Å². The Bertz CT molecular complexity index is 338. The minimum atomic E-state index is -0.0914. The van der Waals surface area contributed by atoms with Crippen molar-refractivity contribution in [2.24, 2.45) is 0 Å². The number of likely N-dealkylation sites (N-methyl/N-ethyl adjacent to an activating group) is 1. The van der Waals surface area contributed by atoms with Crippen molar-refractivity contribution in [2.45, 2.75) is 0 Å². The summed E-state index contributed by atoms with van der Waals surface area (Å²) in [5.74, 6) is -0.0914. The molecule has 0 bridgehead atoms. The average molecular weight is 219 g/mol. The number of hydrogen-bond acceptors (Lipinski definition) is 3. The van der Waals surface area contributed by atoms with E-state index in [0.717, 1.165) is 14.0 Å². The fourth-order valence-electron chi connectivity index (χ4n) is 1.22. The molecule has 0 aliphatic heterocycles. The van der Waals surface area contributed by atoms with Crippen LogP contribution in [0.4, 0.5) is 0 Å². The van der Waals surface area contributed by atoms with Gasteiger partial charge in [0.15, 0.2) is 0 Å². The molecule has 0 atom stereocenters. The number of hydrogen-bond donors (Lipinski definition) is 2. The van der Waals surface area contributed by atoms with Crippen LogP contribution in [0.3, 0.4) is 0 Å². The monoisotopic (exact) mass is 219 g/mol. The Kier molecular flexibility index (Phi) is 5.02. The molecular weight excluding hydrogens is 203 g/mol. The van der Waals surface area contributed by atoms with Gasteiger partial charge < -0.3 is 15.2 Å². The Hall–Kier alpha value is -1.33. The number of carbonyl (C=O) groups excluding carboxylic acids is 1. The summed E-state index contributed by atoms with van der Waals surface area (Å²) in [6, 6.07) is 6.77. The zero-order valence-electron chi connectivity index (χ0n) is 9.60. The lowest BCUT2D eigenvalue weighted by atomic mass is 9.88. The van der Waals surface area contributed by atoms with Gasteiger partial charge in [-0.05, 0) is 26.2 Å². The summed E-state index contributed by atoms with van der Waals surface area (Å²) in [6.45, 7) is 1.44. The fraction of sp³-hybridized carbons (Fsp3) is 0.364. The van der Waals surface area contributed by atoms with Crippen molar-refractivity contribution in [1.82, 2.24) is 10.2 Å². The molecule has 5 heteroatoms. The number of benzene rings is 1. The first kappa shape index (κ1) is 12.7. The van der Waals surface area contributed by atoms with E-state index in [2.05, 4.69) is 5.32 Å². The summed E-state index contributed by atoms with van der Waals surface area (Å²) < 4.78 is 0. The first-order chi connectivity index (χ1) is 7.63. The van der Waals surface area contributed by atoms with E-state index in [1.54, 1.807) is 24.3 Å². The SMILES string of the molecule is CN(C)CCNC(=O)c1ccc([B]O)cc1. The van der Waals surface area contributed by atoms with Crippen LogP contribution in [-0.4, -0.2) is 50.5 Å². The average Bonchev–Trinajstić information content (AvgIpc) is 2.28. The van der Waals surface area contributed by atoms with Crippen LogP contribution in [0.1, 0.15) is 10.4 Å². The Labute approximate surface area is 96.5 Å². The first-order valence-electron chi connectivity index (χ1n) is 5.14. The summed E-state index contributed by atoms with van der Waals surface area (Å²) in [5, 5.41) is 11.6. The molecule has 1 aromatic carbocycles. The Morgan fingerprint density at radius 2 is 2.00 bits per heavy atom. The van der Waals surface area contributed by atoms with E-state index >= 15 is 0 Å². The highest BCUT2D eigenvalue weighted by molar-refractivity contribution is 6.45. The van der Waals surface area contributed by atoms with Crippen LogP contribution in [0, 0.1) is 0 Å². The number of nitrogens with zero attached hydrogens (tertiary/aromatic N) is 1. The molecule has 85 valence electrons. The van der Waals surface area contributed by atoms with Gasteiger partial charge >= 0.3 is 7.48 Å². The summed E-state index contributed by atoms with van der Waals surface area (Å²) in [6.07, 6.45) is 0. The van der Waals surface area contributed by atoms with Gasteiger partial charge in [0, 0.05) is 18.7 Å². The van der Waals surface area contributed by atoms with E-state index in [-0.39, 0.29) is 5.91 Å². The van der Waals surface area contributed by atoms with Gasteiger partial charge in [-0.1, -0.05) is 17.6 Å². The van der Waals surface area contributed by atoms with Crippen LogP contribution < -0.4 is 10.8 Å². The van der Waals surface area contributed by atoms with Crippen molar-refractivity contribution >= 4 is 18.9 Å². The third kappa shape index (κ3) is 4.04. The molecule has 0 aliphatic carbocycles. The molecule has 0 fully saturated rings. The summed E-state index contributed by atoms with van der Waals surface area (Å²) in [4.78, 5) is 13.6. The largest absolute Gasteiger partial charge is 0.450 e. The molecule has 0 heterocycles. The third-order valence-corrected chi connectivity index (χ3v) is 2.17. The van der Waals surface area contributed by atoms with Crippen LogP contribution in [0.25, 0.3) is 0 Å². The molecule has 0 unspecified atom stereocenters. The summed E-state index contributed by atoms with van der Waals surface area (Å²) >= 11 is 0. The Morgan fingerprint density at radius 3 is 2.50 bits per heavy atom. The van der Waals surface area contributed by atoms with Crippen molar-refractivity contribution in [2.75, 3.05) is 27.2 Å². The molecule has 2 N–H and O–H groups in total. The molecule has 0 saturated heterocycles.